The number of aliphatic hydroxyl groups excluding tert-OH is 1. The average molecular weight is 1210 g/mol. The Bertz CT molecular complexity index is 2000. The van der Waals surface area contributed by atoms with E-state index in [0.717, 1.165) is 78.8 Å². The molecule has 1 heterocycles. The Kier molecular flexibility index (Phi) is 27.5. The van der Waals surface area contributed by atoms with Crippen molar-refractivity contribution in [3.8, 4) is 0 Å². The Morgan fingerprint density at radius 1 is 0.345 bits per heavy atom. The fourth-order valence-corrected chi connectivity index (χ4v) is 20.9. The summed E-state index contributed by atoms with van der Waals surface area (Å²) in [7, 11) is 0. The summed E-state index contributed by atoms with van der Waals surface area (Å²) in [4.78, 5) is 0. The fraction of sp³-hybridized carbons (Fsp3) is 0.929. The van der Waals surface area contributed by atoms with Gasteiger partial charge in [-0.2, -0.15) is 0 Å². The molecule has 2 heteroatoms. The van der Waals surface area contributed by atoms with Crippen LogP contribution in [0.15, 0.2) is 30.3 Å². The minimum Gasteiger partial charge on any atom is -0.393 e. The molecule has 1 aromatic rings. The molecule has 0 radical (unpaired) electrons. The third-order valence-corrected chi connectivity index (χ3v) is 27.7. The maximum atomic E-state index is 9.14. The molecule has 7 unspecified atom stereocenters. The van der Waals surface area contributed by atoms with E-state index in [4.69, 9.17) is 9.84 Å². The van der Waals surface area contributed by atoms with Gasteiger partial charge < -0.3 is 9.84 Å². The fourth-order valence-electron chi connectivity index (χ4n) is 20.9. The lowest BCUT2D eigenvalue weighted by atomic mass is 9.60. The van der Waals surface area contributed by atoms with Crippen molar-refractivity contribution < 1.29 is 9.84 Å². The molecule has 4 bridgehead atoms. The summed E-state index contributed by atoms with van der Waals surface area (Å²) in [5.74, 6) is 9.77. The van der Waals surface area contributed by atoms with Gasteiger partial charge in [-0.15, -0.1) is 0 Å². The van der Waals surface area contributed by atoms with Gasteiger partial charge in [-0.3, -0.25) is 0 Å². The van der Waals surface area contributed by atoms with Crippen molar-refractivity contribution in [2.75, 3.05) is 13.2 Å². The van der Waals surface area contributed by atoms with Crippen molar-refractivity contribution in [1.29, 1.82) is 0 Å². The number of hydrogen-bond acceptors (Lipinski definition) is 2. The molecule has 13 aliphatic rings. The monoisotopic (exact) mass is 1210 g/mol. The number of hydrogen-bond donors (Lipinski definition) is 1. The Morgan fingerprint density at radius 2 is 0.839 bits per heavy atom. The molecule has 14 rings (SSSR count). The molecule has 1 aliphatic heterocycles. The normalized spacial score (nSPS) is 34.1. The molecule has 87 heavy (non-hydrogen) atoms. The summed E-state index contributed by atoms with van der Waals surface area (Å²) in [6.45, 7) is 40.4. The lowest BCUT2D eigenvalue weighted by molar-refractivity contribution is 0.0327. The Labute approximate surface area is 544 Å². The Balaban J connectivity index is 0.000000143. The summed E-state index contributed by atoms with van der Waals surface area (Å²) in [5, 5.41) is 9.14. The molecule has 2 nitrogen and oxygen atoms in total. The predicted octanol–water partition coefficient (Wildman–Crippen LogP) is 26.7. The molecule has 1 spiro atoms. The van der Waals surface area contributed by atoms with E-state index in [9.17, 15) is 0 Å². The highest BCUT2D eigenvalue weighted by Crippen LogP contribution is 2.65. The molecule has 0 aromatic heterocycles. The maximum absolute atomic E-state index is 9.14. The van der Waals surface area contributed by atoms with E-state index < -0.39 is 0 Å². The second kappa shape index (κ2) is 32.5. The average Bonchev–Trinajstić information content (AvgIpc) is 1.90. The van der Waals surface area contributed by atoms with Gasteiger partial charge in [-0.1, -0.05) is 237 Å². The first-order chi connectivity index (χ1) is 40.9. The highest BCUT2D eigenvalue weighted by molar-refractivity contribution is 5.20. The smallest absolute Gasteiger partial charge is 0.0540 e. The molecule has 1 saturated heterocycles. The largest absolute Gasteiger partial charge is 0.393 e. The van der Waals surface area contributed by atoms with Gasteiger partial charge >= 0.3 is 0 Å². The van der Waals surface area contributed by atoms with Gasteiger partial charge in [0.05, 0.1) is 6.10 Å². The second-order valence-electron chi connectivity index (χ2n) is 39.5. The SMILES string of the molecule is CC1(C)CC2CC1C1CCCC21.CC1(C)CC2CCC1C2.CC1(C)CCC(O)CC1.CC1(C)CCC(c2ccccc2)CC1.CC1(C)CCC2(CCCCC2)CC1.CC1(C)CCCC(C2CCCCC2)C1.CC1(C)CCCCC1.CC1(C)CCOCC1. The summed E-state index contributed by atoms with van der Waals surface area (Å²) < 4.78 is 5.21. The molecule has 12 saturated carbocycles. The number of ether oxygens (including phenoxy) is 1. The van der Waals surface area contributed by atoms with E-state index in [1.54, 1.807) is 69.8 Å². The molecule has 12 aliphatic carbocycles. The van der Waals surface area contributed by atoms with Gasteiger partial charge in [-0.05, 0) is 281 Å². The molecule has 1 aromatic carbocycles. The van der Waals surface area contributed by atoms with Crippen molar-refractivity contribution in [2.24, 2.45) is 96.1 Å². The first-order valence-electron chi connectivity index (χ1n) is 39.2. The molecular weight excluding hydrogens is 1050 g/mol. The zero-order valence-electron chi connectivity index (χ0n) is 61.6. The zero-order valence-corrected chi connectivity index (χ0v) is 61.6. The summed E-state index contributed by atoms with van der Waals surface area (Å²) in [6, 6.07) is 11.0. The summed E-state index contributed by atoms with van der Waals surface area (Å²) in [6.07, 6.45) is 60.9. The van der Waals surface area contributed by atoms with Gasteiger partial charge in [0.25, 0.3) is 0 Å². The molecule has 0 amide bonds. The highest BCUT2D eigenvalue weighted by Gasteiger charge is 2.57. The van der Waals surface area contributed by atoms with E-state index >= 15 is 0 Å². The van der Waals surface area contributed by atoms with Crippen molar-refractivity contribution >= 4 is 0 Å². The van der Waals surface area contributed by atoms with Crippen LogP contribution in [0, 0.1) is 96.1 Å². The second-order valence-corrected chi connectivity index (χ2v) is 39.5. The third kappa shape index (κ3) is 24.1. The van der Waals surface area contributed by atoms with Gasteiger partial charge in [-0.25, -0.2) is 0 Å². The topological polar surface area (TPSA) is 29.5 Å². The minimum atomic E-state index is -0.00183. The first kappa shape index (κ1) is 73.5. The number of rotatable bonds is 2. The van der Waals surface area contributed by atoms with E-state index in [0.29, 0.717) is 43.3 Å². The lowest BCUT2D eigenvalue weighted by Crippen LogP contribution is -2.32. The van der Waals surface area contributed by atoms with Crippen LogP contribution >= 0.6 is 0 Å². The lowest BCUT2D eigenvalue weighted by Gasteiger charge is -2.46. The van der Waals surface area contributed by atoms with E-state index in [2.05, 4.69) is 141 Å². The van der Waals surface area contributed by atoms with Crippen LogP contribution in [-0.2, 0) is 4.74 Å². The van der Waals surface area contributed by atoms with E-state index in [1.807, 2.05) is 0 Å². The van der Waals surface area contributed by atoms with Crippen molar-refractivity contribution in [3.63, 3.8) is 0 Å². The van der Waals surface area contributed by atoms with Gasteiger partial charge in [0.1, 0.15) is 0 Å². The quantitative estimate of drug-likeness (QED) is 0.320. The zero-order chi connectivity index (χ0) is 63.2. The predicted molar refractivity (Wildman–Crippen MR) is 381 cm³/mol. The molecule has 1 N–H and O–H groups in total. The van der Waals surface area contributed by atoms with Crippen LogP contribution in [0.5, 0.6) is 0 Å². The summed E-state index contributed by atoms with van der Waals surface area (Å²) in [5.41, 5.74) is 7.40. The van der Waals surface area contributed by atoms with Crippen LogP contribution in [0.1, 0.15) is 392 Å². The number of benzene rings is 1. The van der Waals surface area contributed by atoms with Crippen LogP contribution < -0.4 is 0 Å². The van der Waals surface area contributed by atoms with E-state index in [1.165, 1.54) is 199 Å². The standard InChI is InChI=1S/C14H26.C14H20.C13H24.C12H20.C9H16.C8H16O.C8H16.C7H14O/c1-14(2)10-6-9-13(11-14)12-7-4-3-5-8-12;1-14(2)10-8-13(9-11-14)12-6-4-3-5-7-12;1-12(2)8-10-13(11-9-12)6-4-3-5-7-13;1-12(2)7-8-6-11(12)10-5-3-4-9(8)10;1-9(2)6-7-3-4-8(9)5-7;1-8(2)5-3-7(9)4-6-8;1-8(2)6-4-3-5-7-8;1-7(2)3-5-8-6-4-7/h12-13H,3-11H2,1-2H3;3-7,13H,8-11H2,1-2H3;3-11H2,1-2H3;8-11H,3-7H2,1-2H3;7-8H,3-6H2,1-2H3;7,9H,3-6H2,1-2H3;3-7H2,1-2H3;3-6H2,1-2H3. The third-order valence-electron chi connectivity index (χ3n) is 27.7. The number of aliphatic hydroxyl groups is 1. The van der Waals surface area contributed by atoms with Crippen molar-refractivity contribution in [2.45, 2.75) is 392 Å². The highest BCUT2D eigenvalue weighted by atomic mass is 16.5. The molecule has 504 valence electrons. The van der Waals surface area contributed by atoms with Crippen LogP contribution in [0.3, 0.4) is 0 Å². The number of fused-ring (bicyclic) bond motifs is 7. The van der Waals surface area contributed by atoms with Crippen LogP contribution in [0.4, 0.5) is 0 Å². The minimum absolute atomic E-state index is 0.00183. The van der Waals surface area contributed by atoms with Crippen LogP contribution in [-0.4, -0.2) is 24.4 Å². The van der Waals surface area contributed by atoms with Crippen LogP contribution in [0.25, 0.3) is 0 Å². The Hall–Kier alpha value is -0.860. The van der Waals surface area contributed by atoms with E-state index in [-0.39, 0.29) is 6.10 Å². The van der Waals surface area contributed by atoms with Gasteiger partial charge in [0, 0.05) is 13.2 Å². The van der Waals surface area contributed by atoms with Crippen LogP contribution in [0.2, 0.25) is 0 Å². The van der Waals surface area contributed by atoms with Crippen molar-refractivity contribution in [1.82, 2.24) is 0 Å². The van der Waals surface area contributed by atoms with Gasteiger partial charge in [0.2, 0.25) is 0 Å². The van der Waals surface area contributed by atoms with Crippen molar-refractivity contribution in [3.05, 3.63) is 35.9 Å². The van der Waals surface area contributed by atoms with Gasteiger partial charge in [0.15, 0.2) is 0 Å². The molecule has 13 fully saturated rings. The first-order valence-corrected chi connectivity index (χ1v) is 39.2. The molecule has 7 atom stereocenters. The molecular formula is C85H152O2. The Morgan fingerprint density at radius 3 is 1.31 bits per heavy atom. The summed E-state index contributed by atoms with van der Waals surface area (Å²) >= 11 is 0. The maximum Gasteiger partial charge on any atom is 0.0540 e.